The van der Waals surface area contributed by atoms with Gasteiger partial charge in [0.1, 0.15) is 5.69 Å². The smallest absolute Gasteiger partial charge is 0.270 e. The summed E-state index contributed by atoms with van der Waals surface area (Å²) in [4.78, 5) is 21.7. The molecule has 0 saturated carbocycles. The molecule has 1 N–H and O–H groups in total. The van der Waals surface area contributed by atoms with Crippen LogP contribution in [-0.4, -0.2) is 66.1 Å². The predicted octanol–water partition coefficient (Wildman–Crippen LogP) is 2.21. The Kier molecular flexibility index (Phi) is 4.29. The molecule has 1 amide bonds. The fourth-order valence-electron chi connectivity index (χ4n) is 4.42. The van der Waals surface area contributed by atoms with Gasteiger partial charge in [-0.25, -0.2) is 4.98 Å². The Hall–Kier alpha value is -1.73. The van der Waals surface area contributed by atoms with Gasteiger partial charge in [-0.05, 0) is 31.4 Å². The SMILES string of the molecule is O=C(N[C@@H]1C[C@@H]2CCN(C2)C1)c1cc2cc(N3CCSCC3)oc2cn1. The van der Waals surface area contributed by atoms with Crippen molar-refractivity contribution in [2.75, 3.05) is 49.1 Å². The van der Waals surface area contributed by atoms with Gasteiger partial charge in [-0.1, -0.05) is 0 Å². The van der Waals surface area contributed by atoms with Crippen molar-refractivity contribution in [3.05, 3.63) is 24.0 Å². The van der Waals surface area contributed by atoms with Crippen molar-refractivity contribution in [2.45, 2.75) is 18.9 Å². The third kappa shape index (κ3) is 3.18. The Labute approximate surface area is 157 Å². The molecule has 7 heteroatoms. The molecule has 138 valence electrons. The quantitative estimate of drug-likeness (QED) is 0.891. The molecule has 6 nitrogen and oxygen atoms in total. The molecular weight excluding hydrogens is 348 g/mol. The molecular formula is C19H24N4O2S. The van der Waals surface area contributed by atoms with Gasteiger partial charge in [-0.3, -0.25) is 4.79 Å². The number of pyridine rings is 1. The molecule has 5 rings (SSSR count). The first-order valence-electron chi connectivity index (χ1n) is 9.50. The van der Waals surface area contributed by atoms with E-state index in [4.69, 9.17) is 4.42 Å². The maximum Gasteiger partial charge on any atom is 0.270 e. The van der Waals surface area contributed by atoms with Gasteiger partial charge < -0.3 is 19.5 Å². The minimum atomic E-state index is -0.0727. The summed E-state index contributed by atoms with van der Waals surface area (Å²) in [5.41, 5.74) is 1.23. The van der Waals surface area contributed by atoms with E-state index in [2.05, 4.69) is 20.1 Å². The van der Waals surface area contributed by atoms with Crippen molar-refractivity contribution in [3.63, 3.8) is 0 Å². The minimum absolute atomic E-state index is 0.0727. The fraction of sp³-hybridized carbons (Fsp3) is 0.579. The van der Waals surface area contributed by atoms with Gasteiger partial charge in [0.2, 0.25) is 0 Å². The predicted molar refractivity (Wildman–Crippen MR) is 104 cm³/mol. The molecule has 5 heterocycles. The van der Waals surface area contributed by atoms with E-state index in [1.54, 1.807) is 6.20 Å². The standard InChI is InChI=1S/C19H24N4O2S/c24-19(21-15-7-13-1-2-22(11-13)12-15)16-8-14-9-18(25-17(14)10-20-16)23-3-5-26-6-4-23/h8-10,13,15H,1-7,11-12H2,(H,21,24)/t13-,15+/m0/s1. The van der Waals surface area contributed by atoms with Gasteiger partial charge in [0.15, 0.2) is 11.5 Å². The number of nitrogens with zero attached hydrogens (tertiary/aromatic N) is 3. The van der Waals surface area contributed by atoms with Crippen LogP contribution in [0, 0.1) is 5.92 Å². The zero-order valence-electron chi connectivity index (χ0n) is 14.8. The van der Waals surface area contributed by atoms with Crippen LogP contribution in [0.2, 0.25) is 0 Å². The third-order valence-electron chi connectivity index (χ3n) is 5.75. The van der Waals surface area contributed by atoms with Crippen molar-refractivity contribution >= 4 is 34.5 Å². The fourth-order valence-corrected chi connectivity index (χ4v) is 5.32. The number of hydrogen-bond donors (Lipinski definition) is 1. The summed E-state index contributed by atoms with van der Waals surface area (Å²) >= 11 is 1.98. The average molecular weight is 372 g/mol. The lowest BCUT2D eigenvalue weighted by molar-refractivity contribution is 0.0904. The number of aromatic nitrogens is 1. The van der Waals surface area contributed by atoms with Crippen molar-refractivity contribution in [2.24, 2.45) is 5.92 Å². The first-order chi connectivity index (χ1) is 12.7. The monoisotopic (exact) mass is 372 g/mol. The molecule has 3 aliphatic rings. The number of thioether (sulfide) groups is 1. The molecule has 3 fully saturated rings. The first-order valence-corrected chi connectivity index (χ1v) is 10.7. The maximum atomic E-state index is 12.7. The van der Waals surface area contributed by atoms with Crippen molar-refractivity contribution in [1.29, 1.82) is 0 Å². The lowest BCUT2D eigenvalue weighted by atomic mass is 9.97. The summed E-state index contributed by atoms with van der Waals surface area (Å²) in [5.74, 6) is 3.81. The van der Waals surface area contributed by atoms with E-state index < -0.39 is 0 Å². The van der Waals surface area contributed by atoms with Gasteiger partial charge >= 0.3 is 0 Å². The van der Waals surface area contributed by atoms with Crippen LogP contribution >= 0.6 is 11.8 Å². The summed E-state index contributed by atoms with van der Waals surface area (Å²) in [5, 5.41) is 4.13. The number of piperidine rings is 1. The molecule has 3 aliphatic heterocycles. The van der Waals surface area contributed by atoms with E-state index in [9.17, 15) is 4.79 Å². The van der Waals surface area contributed by atoms with E-state index in [1.807, 2.05) is 23.9 Å². The van der Waals surface area contributed by atoms with Gasteiger partial charge in [-0.15, -0.1) is 0 Å². The minimum Gasteiger partial charge on any atom is -0.439 e. The second kappa shape index (κ2) is 6.78. The van der Waals surface area contributed by atoms with Crippen LogP contribution in [-0.2, 0) is 0 Å². The number of carbonyl (C=O) groups excluding carboxylic acids is 1. The Bertz CT molecular complexity index is 805. The van der Waals surface area contributed by atoms with Crippen molar-refractivity contribution in [1.82, 2.24) is 15.2 Å². The van der Waals surface area contributed by atoms with E-state index in [0.717, 1.165) is 60.3 Å². The lowest BCUT2D eigenvalue weighted by Crippen LogP contribution is -2.47. The van der Waals surface area contributed by atoms with Crippen LogP contribution in [0.3, 0.4) is 0 Å². The van der Waals surface area contributed by atoms with Gasteiger partial charge in [0, 0.05) is 55.2 Å². The van der Waals surface area contributed by atoms with Crippen LogP contribution < -0.4 is 10.2 Å². The maximum absolute atomic E-state index is 12.7. The Morgan fingerprint density at radius 3 is 2.96 bits per heavy atom. The Balaban J connectivity index is 1.31. The van der Waals surface area contributed by atoms with E-state index >= 15 is 0 Å². The molecule has 0 aliphatic carbocycles. The van der Waals surface area contributed by atoms with E-state index in [1.165, 1.54) is 19.5 Å². The summed E-state index contributed by atoms with van der Waals surface area (Å²) in [7, 11) is 0. The molecule has 26 heavy (non-hydrogen) atoms. The number of nitrogens with one attached hydrogen (secondary N) is 1. The molecule has 2 bridgehead atoms. The highest BCUT2D eigenvalue weighted by atomic mass is 32.2. The number of carbonyl (C=O) groups is 1. The highest BCUT2D eigenvalue weighted by molar-refractivity contribution is 7.99. The molecule has 3 atom stereocenters. The second-order valence-electron chi connectivity index (χ2n) is 7.61. The van der Waals surface area contributed by atoms with Crippen LogP contribution in [0.15, 0.2) is 22.7 Å². The van der Waals surface area contributed by atoms with Crippen LogP contribution in [0.1, 0.15) is 23.3 Å². The van der Waals surface area contributed by atoms with Gasteiger partial charge in [0.25, 0.3) is 5.91 Å². The van der Waals surface area contributed by atoms with Crippen LogP contribution in [0.4, 0.5) is 5.88 Å². The third-order valence-corrected chi connectivity index (χ3v) is 6.69. The zero-order valence-corrected chi connectivity index (χ0v) is 15.6. The molecule has 2 aromatic rings. The lowest BCUT2D eigenvalue weighted by Gasteiger charge is -2.30. The van der Waals surface area contributed by atoms with Crippen LogP contribution in [0.25, 0.3) is 11.0 Å². The average Bonchev–Trinajstić information content (AvgIpc) is 3.24. The molecule has 1 unspecified atom stereocenters. The molecule has 0 spiro atoms. The summed E-state index contributed by atoms with van der Waals surface area (Å²) in [6.45, 7) is 5.35. The summed E-state index contributed by atoms with van der Waals surface area (Å²) < 4.78 is 5.94. The number of furan rings is 1. The number of fused-ring (bicyclic) bond motifs is 3. The normalized spacial score (nSPS) is 28.5. The first kappa shape index (κ1) is 16.4. The highest BCUT2D eigenvalue weighted by Gasteiger charge is 2.33. The zero-order chi connectivity index (χ0) is 17.5. The number of rotatable bonds is 3. The largest absolute Gasteiger partial charge is 0.439 e. The number of amides is 1. The topological polar surface area (TPSA) is 61.6 Å². The van der Waals surface area contributed by atoms with Gasteiger partial charge in [-0.2, -0.15) is 11.8 Å². The molecule has 0 radical (unpaired) electrons. The van der Waals surface area contributed by atoms with Crippen molar-refractivity contribution in [3.8, 4) is 0 Å². The summed E-state index contributed by atoms with van der Waals surface area (Å²) in [6, 6.07) is 4.14. The number of hydrogen-bond acceptors (Lipinski definition) is 6. The molecule has 2 aromatic heterocycles. The van der Waals surface area contributed by atoms with Crippen molar-refractivity contribution < 1.29 is 9.21 Å². The van der Waals surface area contributed by atoms with E-state index in [-0.39, 0.29) is 11.9 Å². The molecule has 0 aromatic carbocycles. The summed E-state index contributed by atoms with van der Waals surface area (Å²) in [6.07, 6.45) is 4.04. The molecule has 3 saturated heterocycles. The van der Waals surface area contributed by atoms with Crippen LogP contribution in [0.5, 0.6) is 0 Å². The van der Waals surface area contributed by atoms with E-state index in [0.29, 0.717) is 5.69 Å². The highest BCUT2D eigenvalue weighted by Crippen LogP contribution is 2.29. The van der Waals surface area contributed by atoms with Gasteiger partial charge in [0.05, 0.1) is 6.20 Å². The Morgan fingerprint density at radius 2 is 2.12 bits per heavy atom. The Morgan fingerprint density at radius 1 is 1.23 bits per heavy atom. The number of anilines is 1. The second-order valence-corrected chi connectivity index (χ2v) is 8.84.